The van der Waals surface area contributed by atoms with Gasteiger partial charge in [0.15, 0.2) is 0 Å². The second-order valence-corrected chi connectivity index (χ2v) is 6.62. The van der Waals surface area contributed by atoms with Crippen LogP contribution in [0.4, 0.5) is 5.69 Å². The summed E-state index contributed by atoms with van der Waals surface area (Å²) in [5, 5.41) is 3.32. The van der Waals surface area contributed by atoms with E-state index in [9.17, 15) is 14.4 Å². The topological polar surface area (TPSA) is 69.7 Å². The van der Waals surface area contributed by atoms with Crippen LogP contribution in [0.1, 0.15) is 49.0 Å². The number of unbranched alkanes of at least 4 members (excludes halogenated alkanes) is 1. The van der Waals surface area contributed by atoms with Crippen molar-refractivity contribution in [2.45, 2.75) is 39.5 Å². The third-order valence-electron chi connectivity index (χ3n) is 4.81. The lowest BCUT2D eigenvalue weighted by Crippen LogP contribution is -2.43. The first-order chi connectivity index (χ1) is 12.5. The molecule has 1 saturated heterocycles. The van der Waals surface area contributed by atoms with Crippen LogP contribution in [0.15, 0.2) is 18.2 Å². The highest BCUT2D eigenvalue weighted by atomic mass is 16.2. The summed E-state index contributed by atoms with van der Waals surface area (Å²) in [7, 11) is 1.39. The number of carbonyl (C=O) groups excluding carboxylic acids is 3. The van der Waals surface area contributed by atoms with Crippen LogP contribution < -0.4 is 10.2 Å². The number of hydrogen-bond acceptors (Lipinski definition) is 5. The van der Waals surface area contributed by atoms with Crippen LogP contribution in [0.3, 0.4) is 0 Å². The third kappa shape index (κ3) is 4.69. The van der Waals surface area contributed by atoms with Crippen molar-refractivity contribution in [2.75, 3.05) is 38.1 Å². The van der Waals surface area contributed by atoms with Crippen LogP contribution in [0.25, 0.3) is 0 Å². The standard InChI is InChI=1S/C20H29N3O3/c1-4-6-7-18(24)22(3)20(26)19(25)17-9-8-16(14-15(17)5-2)23-12-10-21-11-13-23/h8-9,14,21H,4-7,10-13H2,1-3H3. The zero-order chi connectivity index (χ0) is 19.1. The molecule has 0 unspecified atom stereocenters. The summed E-state index contributed by atoms with van der Waals surface area (Å²) in [6, 6.07) is 5.61. The van der Waals surface area contributed by atoms with E-state index in [4.69, 9.17) is 0 Å². The van der Waals surface area contributed by atoms with E-state index >= 15 is 0 Å². The normalized spacial score (nSPS) is 14.2. The molecule has 0 spiro atoms. The maximum absolute atomic E-state index is 12.7. The van der Waals surface area contributed by atoms with Gasteiger partial charge in [0.2, 0.25) is 5.91 Å². The van der Waals surface area contributed by atoms with E-state index in [2.05, 4.69) is 10.2 Å². The summed E-state index contributed by atoms with van der Waals surface area (Å²) in [5.74, 6) is -1.67. The Morgan fingerprint density at radius 2 is 1.85 bits per heavy atom. The first kappa shape index (κ1) is 20.1. The van der Waals surface area contributed by atoms with Crippen molar-refractivity contribution in [3.63, 3.8) is 0 Å². The van der Waals surface area contributed by atoms with Gasteiger partial charge in [-0.15, -0.1) is 0 Å². The van der Waals surface area contributed by atoms with Crippen LogP contribution in [-0.2, 0) is 16.0 Å². The van der Waals surface area contributed by atoms with Crippen molar-refractivity contribution < 1.29 is 14.4 Å². The van der Waals surface area contributed by atoms with E-state index in [-0.39, 0.29) is 12.3 Å². The lowest BCUT2D eigenvalue weighted by molar-refractivity contribution is -0.140. The summed E-state index contributed by atoms with van der Waals surface area (Å²) in [6.45, 7) is 7.66. The molecule has 0 atom stereocenters. The molecule has 142 valence electrons. The van der Waals surface area contributed by atoms with E-state index in [0.29, 0.717) is 18.4 Å². The van der Waals surface area contributed by atoms with Gasteiger partial charge in [-0.2, -0.15) is 0 Å². The Kier molecular flexibility index (Phi) is 7.33. The van der Waals surface area contributed by atoms with Crippen molar-refractivity contribution in [1.82, 2.24) is 10.2 Å². The number of anilines is 1. The summed E-state index contributed by atoms with van der Waals surface area (Å²) in [4.78, 5) is 40.4. The van der Waals surface area contributed by atoms with Gasteiger partial charge in [-0.1, -0.05) is 20.3 Å². The second kappa shape index (κ2) is 9.48. The van der Waals surface area contributed by atoms with Crippen molar-refractivity contribution >= 4 is 23.3 Å². The highest BCUT2D eigenvalue weighted by Gasteiger charge is 2.26. The molecule has 0 bridgehead atoms. The molecule has 6 nitrogen and oxygen atoms in total. The minimum atomic E-state index is -0.754. The molecule has 0 saturated carbocycles. The number of benzene rings is 1. The zero-order valence-corrected chi connectivity index (χ0v) is 16.0. The van der Waals surface area contributed by atoms with Crippen molar-refractivity contribution in [2.24, 2.45) is 0 Å². The summed E-state index contributed by atoms with van der Waals surface area (Å²) >= 11 is 0. The van der Waals surface area contributed by atoms with Crippen LogP contribution in [0.5, 0.6) is 0 Å². The molecule has 1 aromatic rings. The number of rotatable bonds is 7. The lowest BCUT2D eigenvalue weighted by atomic mass is 9.99. The molecule has 1 N–H and O–H groups in total. The van der Waals surface area contributed by atoms with E-state index in [1.54, 1.807) is 6.07 Å². The number of aryl methyl sites for hydroxylation is 1. The number of hydrogen-bond donors (Lipinski definition) is 1. The average Bonchev–Trinajstić information content (AvgIpc) is 2.70. The predicted octanol–water partition coefficient (Wildman–Crippen LogP) is 2.02. The lowest BCUT2D eigenvalue weighted by Gasteiger charge is -2.30. The van der Waals surface area contributed by atoms with Gasteiger partial charge < -0.3 is 10.2 Å². The number of ketones is 1. The predicted molar refractivity (Wildman–Crippen MR) is 103 cm³/mol. The first-order valence-corrected chi connectivity index (χ1v) is 9.43. The Bertz CT molecular complexity index is 666. The largest absolute Gasteiger partial charge is 0.369 e. The fourth-order valence-electron chi connectivity index (χ4n) is 3.09. The summed E-state index contributed by atoms with van der Waals surface area (Å²) < 4.78 is 0. The molecule has 6 heteroatoms. The average molecular weight is 359 g/mol. The first-order valence-electron chi connectivity index (χ1n) is 9.43. The number of nitrogens with one attached hydrogen (secondary N) is 1. The van der Waals surface area contributed by atoms with Gasteiger partial charge in [-0.05, 0) is 36.6 Å². The Balaban J connectivity index is 2.17. The molecule has 2 amide bonds. The van der Waals surface area contributed by atoms with Crippen molar-refractivity contribution in [3.8, 4) is 0 Å². The van der Waals surface area contributed by atoms with Crippen LogP contribution in [0, 0.1) is 0 Å². The zero-order valence-electron chi connectivity index (χ0n) is 16.0. The molecular weight excluding hydrogens is 330 g/mol. The quantitative estimate of drug-likeness (QED) is 0.596. The fraction of sp³-hybridized carbons (Fsp3) is 0.550. The van der Waals surface area contributed by atoms with E-state index < -0.39 is 11.7 Å². The monoisotopic (exact) mass is 359 g/mol. The second-order valence-electron chi connectivity index (χ2n) is 6.62. The van der Waals surface area contributed by atoms with E-state index in [1.807, 2.05) is 26.0 Å². The smallest absolute Gasteiger partial charge is 0.301 e. The van der Waals surface area contributed by atoms with Crippen molar-refractivity contribution in [3.05, 3.63) is 29.3 Å². The van der Waals surface area contributed by atoms with Crippen LogP contribution in [-0.4, -0.2) is 55.7 Å². The van der Waals surface area contributed by atoms with Gasteiger partial charge in [0.05, 0.1) is 0 Å². The van der Waals surface area contributed by atoms with E-state index in [0.717, 1.165) is 48.8 Å². The molecule has 1 heterocycles. The number of amides is 2. The number of carbonyl (C=O) groups is 3. The van der Waals surface area contributed by atoms with Gasteiger partial charge >= 0.3 is 5.91 Å². The van der Waals surface area contributed by atoms with Gasteiger partial charge in [0.1, 0.15) is 0 Å². The van der Waals surface area contributed by atoms with Gasteiger partial charge in [0.25, 0.3) is 5.78 Å². The van der Waals surface area contributed by atoms with E-state index in [1.165, 1.54) is 7.05 Å². The minimum Gasteiger partial charge on any atom is -0.369 e. The highest BCUT2D eigenvalue weighted by molar-refractivity contribution is 6.44. The molecular formula is C20H29N3O3. The number of piperazine rings is 1. The van der Waals surface area contributed by atoms with Gasteiger partial charge in [-0.25, -0.2) is 0 Å². The number of nitrogens with zero attached hydrogens (tertiary/aromatic N) is 2. The Labute approximate surface area is 155 Å². The molecule has 0 radical (unpaired) electrons. The number of likely N-dealkylation sites (N-methyl/N-ethyl adjacent to an activating group) is 1. The maximum Gasteiger partial charge on any atom is 0.301 e. The van der Waals surface area contributed by atoms with Gasteiger partial charge in [0, 0.05) is 50.9 Å². The number of Topliss-reactive ketones (excluding diaryl/α,β-unsaturated/α-hetero) is 1. The molecule has 0 aliphatic carbocycles. The SMILES string of the molecule is CCCCC(=O)N(C)C(=O)C(=O)c1ccc(N2CCNCC2)cc1CC. The molecule has 1 aliphatic rings. The molecule has 26 heavy (non-hydrogen) atoms. The number of imide groups is 1. The Morgan fingerprint density at radius 3 is 2.46 bits per heavy atom. The molecule has 2 rings (SSSR count). The third-order valence-corrected chi connectivity index (χ3v) is 4.81. The maximum atomic E-state index is 12.7. The van der Waals surface area contributed by atoms with Crippen LogP contribution in [0.2, 0.25) is 0 Å². The highest BCUT2D eigenvalue weighted by Crippen LogP contribution is 2.22. The Hall–Kier alpha value is -2.21. The molecule has 1 aromatic carbocycles. The summed E-state index contributed by atoms with van der Waals surface area (Å²) in [6.07, 6.45) is 2.52. The van der Waals surface area contributed by atoms with Crippen LogP contribution >= 0.6 is 0 Å². The van der Waals surface area contributed by atoms with Gasteiger partial charge in [-0.3, -0.25) is 19.3 Å². The molecule has 1 fully saturated rings. The summed E-state index contributed by atoms with van der Waals surface area (Å²) in [5.41, 5.74) is 2.31. The minimum absolute atomic E-state index is 0.286. The molecule has 0 aromatic heterocycles. The molecule has 1 aliphatic heterocycles. The Morgan fingerprint density at radius 1 is 1.15 bits per heavy atom. The fourth-order valence-corrected chi connectivity index (χ4v) is 3.09. The van der Waals surface area contributed by atoms with Crippen molar-refractivity contribution in [1.29, 1.82) is 0 Å².